The van der Waals surface area contributed by atoms with Gasteiger partial charge in [-0.25, -0.2) is 4.99 Å². The van der Waals surface area contributed by atoms with Gasteiger partial charge in [0, 0.05) is 24.4 Å². The molecule has 0 saturated carbocycles. The molecule has 0 N–H and O–H groups in total. The Hall–Kier alpha value is -2.79. The van der Waals surface area contributed by atoms with Gasteiger partial charge < -0.3 is 19.3 Å². The third-order valence-electron chi connectivity index (χ3n) is 5.88. The van der Waals surface area contributed by atoms with Gasteiger partial charge in [-0.05, 0) is 80.9 Å². The Balaban J connectivity index is 1.51. The van der Waals surface area contributed by atoms with Gasteiger partial charge in [0.05, 0.1) is 19.9 Å². The normalized spacial score (nSPS) is 21.1. The van der Waals surface area contributed by atoms with Crippen LogP contribution in [0.3, 0.4) is 0 Å². The number of fused-ring (bicyclic) bond motifs is 1. The third-order valence-corrected chi connectivity index (χ3v) is 5.88. The average molecular weight is 392 g/mol. The van der Waals surface area contributed by atoms with E-state index >= 15 is 0 Å². The van der Waals surface area contributed by atoms with Crippen LogP contribution in [0.2, 0.25) is 0 Å². The molecule has 0 spiro atoms. The fraction of sp³-hybridized carbons (Fsp3) is 0.375. The second-order valence-electron chi connectivity index (χ2n) is 7.82. The molecule has 0 bridgehead atoms. The number of methoxy groups -OCH3 is 2. The van der Waals surface area contributed by atoms with Gasteiger partial charge in [-0.2, -0.15) is 0 Å². The summed E-state index contributed by atoms with van der Waals surface area (Å²) in [6.07, 6.45) is 14.6. The van der Waals surface area contributed by atoms with Crippen LogP contribution in [0.15, 0.2) is 64.8 Å². The van der Waals surface area contributed by atoms with Crippen LogP contribution in [0.1, 0.15) is 24.8 Å². The van der Waals surface area contributed by atoms with Crippen LogP contribution < -0.4 is 9.47 Å². The van der Waals surface area contributed by atoms with Crippen LogP contribution in [0, 0.1) is 0 Å². The lowest BCUT2D eigenvalue weighted by atomic mass is 9.89. The Kier molecular flexibility index (Phi) is 5.58. The molecule has 1 aromatic rings. The summed E-state index contributed by atoms with van der Waals surface area (Å²) in [5.41, 5.74) is 4.75. The van der Waals surface area contributed by atoms with Gasteiger partial charge in [0.15, 0.2) is 11.5 Å². The molecule has 2 aliphatic heterocycles. The fourth-order valence-corrected chi connectivity index (χ4v) is 4.06. The maximum atomic E-state index is 5.43. The van der Waals surface area contributed by atoms with Crippen LogP contribution >= 0.6 is 0 Å². The largest absolute Gasteiger partial charge is 0.493 e. The standard InChI is InChI=1S/C24H29N3O2/c1-26(2)20-9-5-17(6-10-20)19-8-12-24-25-21(13-14-27(24)16-19)18-7-11-22(28-3)23(15-18)29-4/h5,7-8,11-13,15-16,20H,6,9-10,14H2,1-4H3. The van der Waals surface area contributed by atoms with Crippen LogP contribution in [-0.2, 0) is 0 Å². The molecule has 5 heteroatoms. The fourth-order valence-electron chi connectivity index (χ4n) is 4.06. The van der Waals surface area contributed by atoms with E-state index in [0.29, 0.717) is 6.04 Å². The molecule has 152 valence electrons. The van der Waals surface area contributed by atoms with Gasteiger partial charge in [0.1, 0.15) is 5.84 Å². The number of allylic oxidation sites excluding steroid dienone is 3. The SMILES string of the molecule is COc1ccc(C2=CCN3C=C(C4=CCC(N(C)C)CC4)C=CC3=N2)cc1OC. The minimum Gasteiger partial charge on any atom is -0.493 e. The summed E-state index contributed by atoms with van der Waals surface area (Å²) in [5.74, 6) is 2.42. The highest BCUT2D eigenvalue weighted by atomic mass is 16.5. The Labute approximate surface area is 173 Å². The van der Waals surface area contributed by atoms with Gasteiger partial charge in [-0.1, -0.05) is 6.08 Å². The van der Waals surface area contributed by atoms with E-state index in [1.54, 1.807) is 14.2 Å². The van der Waals surface area contributed by atoms with Crippen molar-refractivity contribution in [2.45, 2.75) is 25.3 Å². The summed E-state index contributed by atoms with van der Waals surface area (Å²) in [6.45, 7) is 0.809. The van der Waals surface area contributed by atoms with E-state index in [2.05, 4.69) is 54.4 Å². The molecule has 0 aromatic heterocycles. The molecule has 0 radical (unpaired) electrons. The second kappa shape index (κ2) is 8.29. The Morgan fingerprint density at radius 2 is 1.90 bits per heavy atom. The minimum atomic E-state index is 0.658. The van der Waals surface area contributed by atoms with Gasteiger partial charge in [0.2, 0.25) is 0 Å². The summed E-state index contributed by atoms with van der Waals surface area (Å²) < 4.78 is 10.8. The van der Waals surface area contributed by atoms with Gasteiger partial charge in [-0.3, -0.25) is 0 Å². The highest BCUT2D eigenvalue weighted by Gasteiger charge is 2.22. The number of ether oxygens (including phenoxy) is 2. The van der Waals surface area contributed by atoms with Crippen molar-refractivity contribution in [2.24, 2.45) is 4.99 Å². The smallest absolute Gasteiger partial charge is 0.161 e. The lowest BCUT2D eigenvalue weighted by Gasteiger charge is -2.31. The first-order valence-corrected chi connectivity index (χ1v) is 10.1. The number of nitrogens with zero attached hydrogens (tertiary/aromatic N) is 3. The zero-order valence-electron chi connectivity index (χ0n) is 17.7. The minimum absolute atomic E-state index is 0.658. The zero-order chi connectivity index (χ0) is 20.4. The molecule has 29 heavy (non-hydrogen) atoms. The number of benzene rings is 1. The average Bonchev–Trinajstić information content (AvgIpc) is 2.78. The van der Waals surface area contributed by atoms with E-state index in [1.807, 2.05) is 18.2 Å². The monoisotopic (exact) mass is 391 g/mol. The molecule has 0 amide bonds. The lowest BCUT2D eigenvalue weighted by molar-refractivity contribution is 0.273. The van der Waals surface area contributed by atoms with E-state index < -0.39 is 0 Å². The molecule has 1 aromatic carbocycles. The summed E-state index contributed by atoms with van der Waals surface area (Å²) in [4.78, 5) is 9.42. The first-order chi connectivity index (χ1) is 14.1. The van der Waals surface area contributed by atoms with E-state index in [1.165, 1.54) is 17.6 Å². The van der Waals surface area contributed by atoms with E-state index in [4.69, 9.17) is 14.5 Å². The Morgan fingerprint density at radius 3 is 2.59 bits per heavy atom. The molecule has 0 fully saturated rings. The predicted molar refractivity (Wildman–Crippen MR) is 118 cm³/mol. The Morgan fingerprint density at radius 1 is 1.07 bits per heavy atom. The summed E-state index contributed by atoms with van der Waals surface area (Å²) in [6, 6.07) is 6.58. The van der Waals surface area contributed by atoms with E-state index in [0.717, 1.165) is 48.0 Å². The van der Waals surface area contributed by atoms with Crippen molar-refractivity contribution in [3.8, 4) is 11.5 Å². The van der Waals surface area contributed by atoms with Crippen molar-refractivity contribution in [3.05, 3.63) is 65.4 Å². The summed E-state index contributed by atoms with van der Waals surface area (Å²) >= 11 is 0. The number of aliphatic imine (C=N–C) groups is 1. The molecule has 2 heterocycles. The van der Waals surface area contributed by atoms with Gasteiger partial charge in [0.25, 0.3) is 0 Å². The molecule has 4 rings (SSSR count). The maximum absolute atomic E-state index is 5.43. The summed E-state index contributed by atoms with van der Waals surface area (Å²) in [5, 5.41) is 0. The van der Waals surface area contributed by atoms with Gasteiger partial charge in [-0.15, -0.1) is 0 Å². The molecular weight excluding hydrogens is 362 g/mol. The predicted octanol–water partition coefficient (Wildman–Crippen LogP) is 4.25. The van der Waals surface area contributed by atoms with Crippen molar-refractivity contribution >= 4 is 11.5 Å². The quantitative estimate of drug-likeness (QED) is 0.752. The number of amidine groups is 1. The molecule has 1 unspecified atom stereocenters. The maximum Gasteiger partial charge on any atom is 0.161 e. The second-order valence-corrected chi connectivity index (χ2v) is 7.82. The molecule has 5 nitrogen and oxygen atoms in total. The van der Waals surface area contributed by atoms with Crippen molar-refractivity contribution in [1.82, 2.24) is 9.80 Å². The van der Waals surface area contributed by atoms with Gasteiger partial charge >= 0.3 is 0 Å². The van der Waals surface area contributed by atoms with Crippen LogP contribution in [0.5, 0.6) is 11.5 Å². The number of rotatable bonds is 5. The van der Waals surface area contributed by atoms with E-state index in [9.17, 15) is 0 Å². The van der Waals surface area contributed by atoms with Crippen LogP contribution in [0.25, 0.3) is 5.70 Å². The molecule has 3 aliphatic rings. The van der Waals surface area contributed by atoms with Crippen LogP contribution in [-0.4, -0.2) is 56.5 Å². The number of hydrogen-bond donors (Lipinski definition) is 0. The van der Waals surface area contributed by atoms with Crippen molar-refractivity contribution < 1.29 is 9.47 Å². The third kappa shape index (κ3) is 4.01. The lowest BCUT2D eigenvalue weighted by Crippen LogP contribution is -2.31. The Bertz CT molecular complexity index is 937. The topological polar surface area (TPSA) is 37.3 Å². The van der Waals surface area contributed by atoms with Crippen molar-refractivity contribution in [2.75, 3.05) is 34.9 Å². The molecule has 0 saturated heterocycles. The highest BCUT2D eigenvalue weighted by Crippen LogP contribution is 2.33. The van der Waals surface area contributed by atoms with E-state index in [-0.39, 0.29) is 0 Å². The number of hydrogen-bond acceptors (Lipinski definition) is 5. The van der Waals surface area contributed by atoms with Crippen molar-refractivity contribution in [1.29, 1.82) is 0 Å². The first kappa shape index (κ1) is 19.5. The summed E-state index contributed by atoms with van der Waals surface area (Å²) in [7, 11) is 7.64. The zero-order valence-corrected chi connectivity index (χ0v) is 17.7. The molecular formula is C24H29N3O2. The molecule has 1 aliphatic carbocycles. The first-order valence-electron chi connectivity index (χ1n) is 10.1. The van der Waals surface area contributed by atoms with Crippen LogP contribution in [0.4, 0.5) is 0 Å². The highest BCUT2D eigenvalue weighted by molar-refractivity contribution is 6.00. The van der Waals surface area contributed by atoms with Crippen molar-refractivity contribution in [3.63, 3.8) is 0 Å². The molecule has 1 atom stereocenters.